The van der Waals surface area contributed by atoms with Crippen molar-refractivity contribution < 1.29 is 23.6 Å². The van der Waals surface area contributed by atoms with Crippen molar-refractivity contribution in [3.05, 3.63) is 36.0 Å². The second-order valence-corrected chi connectivity index (χ2v) is 7.00. The number of hydrogen-bond donors (Lipinski definition) is 1. The lowest BCUT2D eigenvalue weighted by molar-refractivity contribution is -0.121. The number of benzene rings is 1. The number of nitrogens with zero attached hydrogens (tertiary/aromatic N) is 3. The van der Waals surface area contributed by atoms with Gasteiger partial charge in [0.15, 0.2) is 11.5 Å². The minimum Gasteiger partial charge on any atom is -0.497 e. The first-order chi connectivity index (χ1) is 14.4. The minimum atomic E-state index is -0.314. The van der Waals surface area contributed by atoms with Crippen LogP contribution in [-0.4, -0.2) is 87.9 Å². The van der Waals surface area contributed by atoms with Crippen molar-refractivity contribution in [3.8, 4) is 17.1 Å². The molecule has 0 unspecified atom stereocenters. The van der Waals surface area contributed by atoms with Crippen LogP contribution in [0.2, 0.25) is 0 Å². The monoisotopic (exact) mass is 418 g/mol. The molecule has 0 spiro atoms. The van der Waals surface area contributed by atoms with E-state index in [2.05, 4.69) is 10.5 Å². The molecular formula is C21H30N4O5. The highest BCUT2D eigenvalue weighted by atomic mass is 16.5. The summed E-state index contributed by atoms with van der Waals surface area (Å²) in [6.07, 6.45) is 0.198. The molecule has 0 aliphatic carbocycles. The van der Waals surface area contributed by atoms with E-state index >= 15 is 0 Å². The Bertz CT molecular complexity index is 821. The van der Waals surface area contributed by atoms with E-state index in [4.69, 9.17) is 14.0 Å². The first-order valence-corrected chi connectivity index (χ1v) is 9.75. The molecule has 30 heavy (non-hydrogen) atoms. The Hall–Kier alpha value is -2.91. The SMILES string of the molecule is COCCN(CCC(=O)NCCN(C)C)C(=O)c1cc(-c2cccc(OC)c2)on1. The molecule has 9 heteroatoms. The van der Waals surface area contributed by atoms with Crippen molar-refractivity contribution in [2.75, 3.05) is 61.1 Å². The van der Waals surface area contributed by atoms with Gasteiger partial charge < -0.3 is 29.1 Å². The average molecular weight is 418 g/mol. The van der Waals surface area contributed by atoms with Crippen molar-refractivity contribution in [1.82, 2.24) is 20.3 Å². The molecule has 164 valence electrons. The Balaban J connectivity index is 2.02. The standard InChI is InChI=1S/C21H30N4O5/c1-24(2)11-9-22-20(26)8-10-25(12-13-28-3)21(27)18-15-19(30-23-18)16-6-5-7-17(14-16)29-4/h5-7,14-15H,8-13H2,1-4H3,(H,22,26). The number of ether oxygens (including phenoxy) is 2. The molecule has 1 aromatic carbocycles. The molecule has 1 heterocycles. The zero-order chi connectivity index (χ0) is 21.9. The molecule has 0 saturated heterocycles. The van der Waals surface area contributed by atoms with Crippen LogP contribution in [0, 0.1) is 0 Å². The van der Waals surface area contributed by atoms with Crippen LogP contribution in [-0.2, 0) is 9.53 Å². The van der Waals surface area contributed by atoms with Crippen LogP contribution < -0.4 is 10.1 Å². The van der Waals surface area contributed by atoms with Gasteiger partial charge in [-0.3, -0.25) is 9.59 Å². The molecule has 2 rings (SSSR count). The number of carbonyl (C=O) groups is 2. The fraction of sp³-hybridized carbons (Fsp3) is 0.476. The maximum absolute atomic E-state index is 12.9. The third kappa shape index (κ3) is 7.16. The Morgan fingerprint density at radius 3 is 2.63 bits per heavy atom. The van der Waals surface area contributed by atoms with Gasteiger partial charge in [0.25, 0.3) is 5.91 Å². The maximum atomic E-state index is 12.9. The van der Waals surface area contributed by atoms with Gasteiger partial charge in [-0.15, -0.1) is 0 Å². The van der Waals surface area contributed by atoms with Crippen molar-refractivity contribution in [3.63, 3.8) is 0 Å². The summed E-state index contributed by atoms with van der Waals surface area (Å²) in [4.78, 5) is 28.5. The number of carbonyl (C=O) groups excluding carboxylic acids is 2. The van der Waals surface area contributed by atoms with Crippen LogP contribution in [0.25, 0.3) is 11.3 Å². The fourth-order valence-corrected chi connectivity index (χ4v) is 2.71. The quantitative estimate of drug-likeness (QED) is 0.558. The largest absolute Gasteiger partial charge is 0.497 e. The molecule has 0 aliphatic heterocycles. The number of methoxy groups -OCH3 is 2. The molecule has 0 fully saturated rings. The number of hydrogen-bond acceptors (Lipinski definition) is 7. The zero-order valence-corrected chi connectivity index (χ0v) is 18.0. The lowest BCUT2D eigenvalue weighted by Crippen LogP contribution is -2.38. The van der Waals surface area contributed by atoms with E-state index in [-0.39, 0.29) is 30.5 Å². The van der Waals surface area contributed by atoms with E-state index in [0.29, 0.717) is 31.2 Å². The molecule has 2 aromatic rings. The van der Waals surface area contributed by atoms with Gasteiger partial charge in [0.05, 0.1) is 13.7 Å². The van der Waals surface area contributed by atoms with Crippen LogP contribution in [0.4, 0.5) is 0 Å². The van der Waals surface area contributed by atoms with Gasteiger partial charge in [-0.2, -0.15) is 0 Å². The van der Waals surface area contributed by atoms with E-state index in [1.54, 1.807) is 31.3 Å². The molecule has 0 atom stereocenters. The van der Waals surface area contributed by atoms with Gasteiger partial charge in [-0.25, -0.2) is 0 Å². The third-order valence-corrected chi connectivity index (χ3v) is 4.43. The number of aromatic nitrogens is 1. The summed E-state index contributed by atoms with van der Waals surface area (Å²) < 4.78 is 15.7. The Morgan fingerprint density at radius 1 is 1.13 bits per heavy atom. The molecule has 0 bridgehead atoms. The summed E-state index contributed by atoms with van der Waals surface area (Å²) in [6, 6.07) is 8.89. The lowest BCUT2D eigenvalue weighted by Gasteiger charge is -2.21. The second-order valence-electron chi connectivity index (χ2n) is 7.00. The predicted octanol–water partition coefficient (Wildman–Crippen LogP) is 1.51. The van der Waals surface area contributed by atoms with E-state index in [0.717, 1.165) is 12.1 Å². The van der Waals surface area contributed by atoms with Crippen LogP contribution in [0.15, 0.2) is 34.9 Å². The molecule has 1 aromatic heterocycles. The summed E-state index contributed by atoms with van der Waals surface area (Å²) in [6.45, 7) is 2.28. The van der Waals surface area contributed by atoms with Gasteiger partial charge in [0.2, 0.25) is 5.91 Å². The number of nitrogens with one attached hydrogen (secondary N) is 1. The van der Waals surface area contributed by atoms with Gasteiger partial charge in [0.1, 0.15) is 5.75 Å². The van der Waals surface area contributed by atoms with Gasteiger partial charge >= 0.3 is 0 Å². The summed E-state index contributed by atoms with van der Waals surface area (Å²) in [5.41, 5.74) is 0.932. The van der Waals surface area contributed by atoms with Crippen LogP contribution in [0.1, 0.15) is 16.9 Å². The summed E-state index contributed by atoms with van der Waals surface area (Å²) in [7, 11) is 7.02. The summed E-state index contributed by atoms with van der Waals surface area (Å²) in [5.74, 6) is 0.722. The van der Waals surface area contributed by atoms with E-state index < -0.39 is 0 Å². The van der Waals surface area contributed by atoms with Crippen molar-refractivity contribution in [2.24, 2.45) is 0 Å². The molecular weight excluding hydrogens is 388 g/mol. The minimum absolute atomic E-state index is 0.107. The molecule has 1 N–H and O–H groups in total. The van der Waals surface area contributed by atoms with E-state index in [1.165, 1.54) is 0 Å². The number of likely N-dealkylation sites (N-methyl/N-ethyl adjacent to an activating group) is 1. The highest BCUT2D eigenvalue weighted by Crippen LogP contribution is 2.24. The normalized spacial score (nSPS) is 10.8. The van der Waals surface area contributed by atoms with E-state index in [9.17, 15) is 9.59 Å². The maximum Gasteiger partial charge on any atom is 0.276 e. The van der Waals surface area contributed by atoms with Crippen molar-refractivity contribution >= 4 is 11.8 Å². The van der Waals surface area contributed by atoms with Crippen molar-refractivity contribution in [1.29, 1.82) is 0 Å². The Labute approximate surface area is 176 Å². The Morgan fingerprint density at radius 2 is 1.93 bits per heavy atom. The predicted molar refractivity (Wildman–Crippen MR) is 112 cm³/mol. The van der Waals surface area contributed by atoms with Gasteiger partial charge in [-0.1, -0.05) is 17.3 Å². The average Bonchev–Trinajstić information content (AvgIpc) is 3.23. The summed E-state index contributed by atoms with van der Waals surface area (Å²) in [5, 5.41) is 6.76. The van der Waals surface area contributed by atoms with Crippen LogP contribution in [0.5, 0.6) is 5.75 Å². The molecule has 9 nitrogen and oxygen atoms in total. The third-order valence-electron chi connectivity index (χ3n) is 4.43. The highest BCUT2D eigenvalue weighted by molar-refractivity contribution is 5.93. The molecule has 0 saturated carbocycles. The van der Waals surface area contributed by atoms with Crippen molar-refractivity contribution in [2.45, 2.75) is 6.42 Å². The second kappa shape index (κ2) is 11.9. The number of rotatable bonds is 12. The summed E-state index contributed by atoms with van der Waals surface area (Å²) >= 11 is 0. The lowest BCUT2D eigenvalue weighted by atomic mass is 10.1. The molecule has 0 aliphatic rings. The van der Waals surface area contributed by atoms with Gasteiger partial charge in [0, 0.05) is 51.3 Å². The highest BCUT2D eigenvalue weighted by Gasteiger charge is 2.21. The topological polar surface area (TPSA) is 97.1 Å². The van der Waals surface area contributed by atoms with Gasteiger partial charge in [-0.05, 0) is 26.2 Å². The Kier molecular flexibility index (Phi) is 9.30. The first kappa shape index (κ1) is 23.4. The molecule has 0 radical (unpaired) electrons. The van der Waals surface area contributed by atoms with Crippen LogP contribution in [0.3, 0.4) is 0 Å². The van der Waals surface area contributed by atoms with E-state index in [1.807, 2.05) is 37.2 Å². The zero-order valence-electron chi connectivity index (χ0n) is 18.0. The molecule has 2 amide bonds. The smallest absolute Gasteiger partial charge is 0.276 e. The fourth-order valence-electron chi connectivity index (χ4n) is 2.71. The first-order valence-electron chi connectivity index (χ1n) is 9.75. The number of amides is 2. The van der Waals surface area contributed by atoms with Crippen LogP contribution >= 0.6 is 0 Å².